The molecule has 2 rings (SSSR count). The number of carbonyl (C=O) groups is 1. The summed E-state index contributed by atoms with van der Waals surface area (Å²) >= 11 is 1.57. The Balaban J connectivity index is 1.92. The van der Waals surface area contributed by atoms with Crippen LogP contribution < -0.4 is 0 Å². The van der Waals surface area contributed by atoms with Crippen molar-refractivity contribution in [3.8, 4) is 12.3 Å². The van der Waals surface area contributed by atoms with E-state index in [-0.39, 0.29) is 18.5 Å². The van der Waals surface area contributed by atoms with E-state index in [0.717, 1.165) is 11.3 Å². The zero-order valence-corrected chi connectivity index (χ0v) is 12.1. The molecule has 0 radical (unpaired) electrons. The minimum absolute atomic E-state index is 0.144. The van der Waals surface area contributed by atoms with Crippen molar-refractivity contribution in [3.05, 3.63) is 46.0 Å². The van der Waals surface area contributed by atoms with Gasteiger partial charge in [-0.05, 0) is 30.0 Å². The molecule has 0 aliphatic rings. The highest BCUT2D eigenvalue weighted by Crippen LogP contribution is 2.26. The van der Waals surface area contributed by atoms with E-state index in [4.69, 9.17) is 15.6 Å². The SMILES string of the molecule is C#CCc1ccc(COC(=O)C(CC)c2cccs2)o1. The molecule has 0 saturated heterocycles. The molecule has 0 fully saturated rings. The molecule has 104 valence electrons. The van der Waals surface area contributed by atoms with E-state index in [0.29, 0.717) is 17.9 Å². The molecule has 1 atom stereocenters. The second-order valence-electron chi connectivity index (χ2n) is 4.33. The van der Waals surface area contributed by atoms with E-state index in [9.17, 15) is 4.79 Å². The number of carbonyl (C=O) groups excluding carboxylic acids is 1. The number of hydrogen-bond donors (Lipinski definition) is 0. The molecule has 0 aromatic carbocycles. The smallest absolute Gasteiger partial charge is 0.314 e. The van der Waals surface area contributed by atoms with Crippen molar-refractivity contribution in [3.63, 3.8) is 0 Å². The maximum Gasteiger partial charge on any atom is 0.314 e. The van der Waals surface area contributed by atoms with Crippen LogP contribution >= 0.6 is 11.3 Å². The summed E-state index contributed by atoms with van der Waals surface area (Å²) in [4.78, 5) is 13.1. The number of hydrogen-bond acceptors (Lipinski definition) is 4. The van der Waals surface area contributed by atoms with Crippen LogP contribution in [0.2, 0.25) is 0 Å². The predicted molar refractivity (Wildman–Crippen MR) is 78.4 cm³/mol. The van der Waals surface area contributed by atoms with Crippen LogP contribution in [0.4, 0.5) is 0 Å². The summed E-state index contributed by atoms with van der Waals surface area (Å²) in [6, 6.07) is 7.48. The largest absolute Gasteiger partial charge is 0.461 e. The number of rotatable bonds is 6. The summed E-state index contributed by atoms with van der Waals surface area (Å²) in [5.74, 6) is 3.42. The maximum atomic E-state index is 12.1. The van der Waals surface area contributed by atoms with Crippen molar-refractivity contribution >= 4 is 17.3 Å². The van der Waals surface area contributed by atoms with Crippen molar-refractivity contribution in [2.75, 3.05) is 0 Å². The molecule has 3 nitrogen and oxygen atoms in total. The van der Waals surface area contributed by atoms with Crippen LogP contribution in [-0.4, -0.2) is 5.97 Å². The topological polar surface area (TPSA) is 39.4 Å². The fourth-order valence-electron chi connectivity index (χ4n) is 1.91. The lowest BCUT2D eigenvalue weighted by Crippen LogP contribution is -2.14. The fraction of sp³-hybridized carbons (Fsp3) is 0.312. The second-order valence-corrected chi connectivity index (χ2v) is 5.31. The summed E-state index contributed by atoms with van der Waals surface area (Å²) < 4.78 is 10.8. The van der Waals surface area contributed by atoms with Gasteiger partial charge in [0.2, 0.25) is 0 Å². The Bertz CT molecular complexity index is 590. The van der Waals surface area contributed by atoms with Crippen molar-refractivity contribution in [1.82, 2.24) is 0 Å². The maximum absolute atomic E-state index is 12.1. The summed E-state index contributed by atoms with van der Waals surface area (Å²) in [7, 11) is 0. The van der Waals surface area contributed by atoms with Gasteiger partial charge in [0.25, 0.3) is 0 Å². The number of esters is 1. The third-order valence-corrected chi connectivity index (χ3v) is 3.92. The van der Waals surface area contributed by atoms with E-state index in [1.165, 1.54) is 0 Å². The van der Waals surface area contributed by atoms with Crippen LogP contribution in [0.5, 0.6) is 0 Å². The predicted octanol–water partition coefficient (Wildman–Crippen LogP) is 3.75. The Kier molecular flexibility index (Phi) is 5.03. The average Bonchev–Trinajstić information content (AvgIpc) is 3.09. The summed E-state index contributed by atoms with van der Waals surface area (Å²) in [6.45, 7) is 2.12. The first-order valence-corrected chi connectivity index (χ1v) is 7.33. The Hall–Kier alpha value is -1.99. The van der Waals surface area contributed by atoms with Gasteiger partial charge in [-0.3, -0.25) is 4.79 Å². The molecule has 0 bridgehead atoms. The van der Waals surface area contributed by atoms with Gasteiger partial charge in [0.05, 0.1) is 12.3 Å². The lowest BCUT2D eigenvalue weighted by Gasteiger charge is -2.11. The molecule has 0 aliphatic heterocycles. The highest BCUT2D eigenvalue weighted by Gasteiger charge is 2.21. The van der Waals surface area contributed by atoms with E-state index >= 15 is 0 Å². The number of furan rings is 1. The highest BCUT2D eigenvalue weighted by molar-refractivity contribution is 7.10. The number of thiophene rings is 1. The molecule has 0 N–H and O–H groups in total. The first-order chi connectivity index (χ1) is 9.74. The van der Waals surface area contributed by atoms with Crippen LogP contribution in [0, 0.1) is 12.3 Å². The van der Waals surface area contributed by atoms with Gasteiger partial charge in [0.15, 0.2) is 0 Å². The van der Waals surface area contributed by atoms with Crippen LogP contribution in [0.1, 0.15) is 35.7 Å². The average molecular weight is 288 g/mol. The third kappa shape index (κ3) is 3.52. The van der Waals surface area contributed by atoms with E-state index in [1.807, 2.05) is 24.4 Å². The molecule has 2 aromatic heterocycles. The molecule has 0 aliphatic carbocycles. The monoisotopic (exact) mass is 288 g/mol. The van der Waals surface area contributed by atoms with Gasteiger partial charge >= 0.3 is 5.97 Å². The van der Waals surface area contributed by atoms with Gasteiger partial charge in [0, 0.05) is 4.88 Å². The van der Waals surface area contributed by atoms with Crippen molar-refractivity contribution < 1.29 is 13.9 Å². The van der Waals surface area contributed by atoms with Gasteiger partial charge in [0.1, 0.15) is 18.1 Å². The molecule has 2 aromatic rings. The Morgan fingerprint density at radius 3 is 2.90 bits per heavy atom. The first-order valence-electron chi connectivity index (χ1n) is 6.45. The summed E-state index contributed by atoms with van der Waals surface area (Å²) in [6.07, 6.45) is 6.38. The zero-order chi connectivity index (χ0) is 14.4. The molecule has 1 unspecified atom stereocenters. The molecule has 4 heteroatoms. The van der Waals surface area contributed by atoms with Crippen LogP contribution in [-0.2, 0) is 22.6 Å². The Morgan fingerprint density at radius 2 is 2.25 bits per heavy atom. The van der Waals surface area contributed by atoms with Gasteiger partial charge in [-0.2, -0.15) is 0 Å². The Labute approximate surface area is 122 Å². The van der Waals surface area contributed by atoms with E-state index in [1.54, 1.807) is 23.5 Å². The quantitative estimate of drug-likeness (QED) is 0.600. The van der Waals surface area contributed by atoms with Crippen molar-refractivity contribution in [2.24, 2.45) is 0 Å². The zero-order valence-electron chi connectivity index (χ0n) is 11.3. The van der Waals surface area contributed by atoms with Crippen molar-refractivity contribution in [1.29, 1.82) is 0 Å². The van der Waals surface area contributed by atoms with Gasteiger partial charge in [-0.25, -0.2) is 0 Å². The number of ether oxygens (including phenoxy) is 1. The minimum Gasteiger partial charge on any atom is -0.461 e. The molecule has 20 heavy (non-hydrogen) atoms. The molecular formula is C16H16O3S. The molecule has 2 heterocycles. The van der Waals surface area contributed by atoms with E-state index in [2.05, 4.69) is 5.92 Å². The molecular weight excluding hydrogens is 272 g/mol. The number of terminal acetylenes is 1. The summed E-state index contributed by atoms with van der Waals surface area (Å²) in [5, 5.41) is 1.96. The molecule has 0 spiro atoms. The van der Waals surface area contributed by atoms with Gasteiger partial charge in [-0.1, -0.05) is 18.9 Å². The minimum atomic E-state index is -0.218. The second kappa shape index (κ2) is 6.97. The fourth-order valence-corrected chi connectivity index (χ4v) is 2.81. The standard InChI is InChI=1S/C16H16O3S/c1-3-6-12-8-9-13(19-12)11-18-16(17)14(4-2)15-7-5-10-20-15/h1,5,7-10,14H,4,6,11H2,2H3. The normalized spacial score (nSPS) is 11.8. The molecule has 0 saturated carbocycles. The van der Waals surface area contributed by atoms with Gasteiger partial charge < -0.3 is 9.15 Å². The van der Waals surface area contributed by atoms with Gasteiger partial charge in [-0.15, -0.1) is 17.8 Å². The van der Waals surface area contributed by atoms with Crippen molar-refractivity contribution in [2.45, 2.75) is 32.3 Å². The summed E-state index contributed by atoms with van der Waals surface area (Å²) in [5.41, 5.74) is 0. The molecule has 0 amide bonds. The lowest BCUT2D eigenvalue weighted by molar-refractivity contribution is -0.147. The van der Waals surface area contributed by atoms with Crippen LogP contribution in [0.15, 0.2) is 34.1 Å². The third-order valence-electron chi connectivity index (χ3n) is 2.93. The van der Waals surface area contributed by atoms with E-state index < -0.39 is 0 Å². The van der Waals surface area contributed by atoms with Crippen LogP contribution in [0.25, 0.3) is 0 Å². The Morgan fingerprint density at radius 1 is 1.45 bits per heavy atom. The highest BCUT2D eigenvalue weighted by atomic mass is 32.1. The van der Waals surface area contributed by atoms with Crippen LogP contribution in [0.3, 0.4) is 0 Å². The first kappa shape index (κ1) is 14.4. The lowest BCUT2D eigenvalue weighted by atomic mass is 10.1.